The van der Waals surface area contributed by atoms with Gasteiger partial charge < -0.3 is 15.5 Å². The molecule has 3 N–H and O–H groups in total. The van der Waals surface area contributed by atoms with E-state index < -0.39 is 27.5 Å². The van der Waals surface area contributed by atoms with Gasteiger partial charge in [-0.1, -0.05) is 0 Å². The molecule has 2 aromatic carbocycles. The molecule has 11 heteroatoms. The lowest BCUT2D eigenvalue weighted by Gasteiger charge is -2.32. The summed E-state index contributed by atoms with van der Waals surface area (Å²) in [6.45, 7) is 0.878. The van der Waals surface area contributed by atoms with Gasteiger partial charge >= 0.3 is 12.2 Å². The van der Waals surface area contributed by atoms with Crippen LogP contribution in [0.1, 0.15) is 28.8 Å². The number of benzene rings is 2. The van der Waals surface area contributed by atoms with E-state index in [2.05, 4.69) is 21.2 Å². The molecule has 0 aromatic heterocycles. The Labute approximate surface area is 190 Å². The SMILES string of the molecule is C=S(=O)(NC)c1ccc(C(=O)N2CCC(NC(=O)Nc3ccc(C(F)(F)F)cc3)CC2)cc1. The highest BCUT2D eigenvalue weighted by molar-refractivity contribution is 7.98. The number of likely N-dealkylation sites (tertiary alicyclic amines) is 1. The van der Waals surface area contributed by atoms with Gasteiger partial charge in [-0.25, -0.2) is 13.7 Å². The van der Waals surface area contributed by atoms with Crippen LogP contribution in [0.25, 0.3) is 0 Å². The van der Waals surface area contributed by atoms with Crippen molar-refractivity contribution in [3.8, 4) is 0 Å². The van der Waals surface area contributed by atoms with E-state index in [9.17, 15) is 27.0 Å². The van der Waals surface area contributed by atoms with Crippen LogP contribution in [0.4, 0.5) is 23.7 Å². The minimum absolute atomic E-state index is 0.158. The molecule has 1 fully saturated rings. The normalized spacial score (nSPS) is 16.7. The Hall–Kier alpha value is -3.05. The lowest BCUT2D eigenvalue weighted by Crippen LogP contribution is -2.47. The van der Waals surface area contributed by atoms with E-state index in [4.69, 9.17) is 0 Å². The molecule has 1 aliphatic heterocycles. The van der Waals surface area contributed by atoms with Crippen LogP contribution in [0.15, 0.2) is 53.4 Å². The van der Waals surface area contributed by atoms with Crippen LogP contribution in [0.5, 0.6) is 0 Å². The molecule has 3 rings (SSSR count). The number of carbonyl (C=O) groups is 2. The van der Waals surface area contributed by atoms with E-state index in [1.807, 2.05) is 0 Å². The Balaban J connectivity index is 1.49. The summed E-state index contributed by atoms with van der Waals surface area (Å²) in [5, 5.41) is 5.30. The fourth-order valence-electron chi connectivity index (χ4n) is 3.44. The summed E-state index contributed by atoms with van der Waals surface area (Å²) < 4.78 is 52.8. The summed E-state index contributed by atoms with van der Waals surface area (Å²) in [7, 11) is -1.03. The van der Waals surface area contributed by atoms with Gasteiger partial charge in [0.1, 0.15) is 0 Å². The summed E-state index contributed by atoms with van der Waals surface area (Å²) in [6.07, 6.45) is -3.36. The summed E-state index contributed by atoms with van der Waals surface area (Å²) in [4.78, 5) is 27.1. The zero-order valence-electron chi connectivity index (χ0n) is 17.9. The van der Waals surface area contributed by atoms with Gasteiger partial charge in [0, 0.05) is 35.3 Å². The number of piperidine rings is 1. The van der Waals surface area contributed by atoms with Crippen LogP contribution in [0.2, 0.25) is 0 Å². The number of anilines is 1. The molecule has 1 unspecified atom stereocenters. The van der Waals surface area contributed by atoms with Crippen molar-refractivity contribution in [2.24, 2.45) is 0 Å². The Bertz CT molecular complexity index is 1090. The van der Waals surface area contributed by atoms with Gasteiger partial charge in [-0.15, -0.1) is 0 Å². The fourth-order valence-corrected chi connectivity index (χ4v) is 4.25. The molecule has 178 valence electrons. The molecular formula is C22H25F3N4O3S. The van der Waals surface area contributed by atoms with Gasteiger partial charge in [-0.3, -0.25) is 4.79 Å². The van der Waals surface area contributed by atoms with Crippen molar-refractivity contribution < 1.29 is 27.0 Å². The van der Waals surface area contributed by atoms with Gasteiger partial charge in [0.25, 0.3) is 5.91 Å². The van der Waals surface area contributed by atoms with Gasteiger partial charge in [-0.2, -0.15) is 13.2 Å². The smallest absolute Gasteiger partial charge is 0.338 e. The van der Waals surface area contributed by atoms with Crippen LogP contribution in [0, 0.1) is 0 Å². The zero-order valence-corrected chi connectivity index (χ0v) is 18.8. The molecule has 1 heterocycles. The Morgan fingerprint density at radius 3 is 2.12 bits per heavy atom. The molecule has 0 saturated carbocycles. The Morgan fingerprint density at radius 1 is 1.03 bits per heavy atom. The van der Waals surface area contributed by atoms with Gasteiger partial charge in [-0.05, 0) is 74.3 Å². The van der Waals surface area contributed by atoms with Gasteiger partial charge in [0.15, 0.2) is 0 Å². The van der Waals surface area contributed by atoms with E-state index >= 15 is 0 Å². The van der Waals surface area contributed by atoms with Crippen LogP contribution in [0.3, 0.4) is 0 Å². The third kappa shape index (κ3) is 6.26. The number of carbonyl (C=O) groups excluding carboxylic acids is 2. The maximum atomic E-state index is 12.7. The number of nitrogens with zero attached hydrogens (tertiary/aromatic N) is 1. The molecule has 7 nitrogen and oxygen atoms in total. The molecule has 0 spiro atoms. The number of hydrogen-bond donors (Lipinski definition) is 3. The molecule has 33 heavy (non-hydrogen) atoms. The molecule has 0 bridgehead atoms. The minimum Gasteiger partial charge on any atom is -0.338 e. The van der Waals surface area contributed by atoms with E-state index in [1.54, 1.807) is 36.2 Å². The first kappa shape index (κ1) is 24.6. The largest absolute Gasteiger partial charge is 0.416 e. The molecular weight excluding hydrogens is 457 g/mol. The van der Waals surface area contributed by atoms with E-state index in [-0.39, 0.29) is 17.6 Å². The fraction of sp³-hybridized carbons (Fsp3) is 0.318. The van der Waals surface area contributed by atoms with Crippen LogP contribution >= 0.6 is 0 Å². The number of urea groups is 1. The van der Waals surface area contributed by atoms with Crippen LogP contribution in [-0.4, -0.2) is 53.1 Å². The first-order chi connectivity index (χ1) is 15.5. The van der Waals surface area contributed by atoms with Crippen molar-refractivity contribution in [3.63, 3.8) is 0 Å². The molecule has 1 saturated heterocycles. The standard InChI is InChI=1S/C22H25F3N4O3S/c1-26-33(2,32)19-9-3-15(4-10-19)20(30)29-13-11-18(12-14-29)28-21(31)27-17-7-5-16(6-8-17)22(23,24)25/h3-10,18H,2,11-14H2,1H3,(H,26,32)(H2,27,28,31). The van der Waals surface area contributed by atoms with Gasteiger partial charge in [0.2, 0.25) is 0 Å². The second-order valence-corrected chi connectivity index (χ2v) is 9.87. The average Bonchev–Trinajstić information content (AvgIpc) is 2.79. The van der Waals surface area contributed by atoms with E-state index in [0.29, 0.717) is 36.4 Å². The van der Waals surface area contributed by atoms with Crippen LogP contribution < -0.4 is 15.4 Å². The summed E-state index contributed by atoms with van der Waals surface area (Å²) in [5.41, 5.74) is -0.0697. The van der Waals surface area contributed by atoms with E-state index in [1.165, 1.54) is 12.1 Å². The highest BCUT2D eigenvalue weighted by Crippen LogP contribution is 2.29. The van der Waals surface area contributed by atoms with Crippen LogP contribution in [-0.2, 0) is 15.9 Å². The number of alkyl halides is 3. The number of hydrogen-bond acceptors (Lipinski definition) is 3. The average molecular weight is 483 g/mol. The minimum atomic E-state index is -4.43. The van der Waals surface area contributed by atoms with Crippen molar-refractivity contribution in [2.45, 2.75) is 30.0 Å². The molecule has 0 aliphatic carbocycles. The lowest BCUT2D eigenvalue weighted by molar-refractivity contribution is -0.137. The lowest BCUT2D eigenvalue weighted by atomic mass is 10.0. The second kappa shape index (κ2) is 9.84. The summed E-state index contributed by atoms with van der Waals surface area (Å²) in [5.74, 6) is 3.47. The maximum Gasteiger partial charge on any atom is 0.416 e. The van der Waals surface area contributed by atoms with Crippen molar-refractivity contribution in [3.05, 3.63) is 59.7 Å². The Morgan fingerprint density at radius 2 is 1.61 bits per heavy atom. The third-order valence-electron chi connectivity index (χ3n) is 5.40. The van der Waals surface area contributed by atoms with Crippen molar-refractivity contribution in [1.82, 2.24) is 14.9 Å². The molecule has 0 radical (unpaired) electrons. The van der Waals surface area contributed by atoms with E-state index in [0.717, 1.165) is 12.1 Å². The summed E-state index contributed by atoms with van der Waals surface area (Å²) >= 11 is 0. The van der Waals surface area contributed by atoms with Crippen molar-refractivity contribution in [2.75, 3.05) is 25.5 Å². The number of nitrogens with one attached hydrogen (secondary N) is 3. The molecule has 2 aromatic rings. The van der Waals surface area contributed by atoms with Gasteiger partial charge in [0.05, 0.1) is 15.3 Å². The molecule has 1 aliphatic rings. The van der Waals surface area contributed by atoms with Crippen molar-refractivity contribution >= 4 is 33.2 Å². The second-order valence-electron chi connectivity index (χ2n) is 7.64. The predicted octanol–water partition coefficient (Wildman–Crippen LogP) is 3.34. The highest BCUT2D eigenvalue weighted by atomic mass is 32.2. The first-order valence-corrected chi connectivity index (χ1v) is 11.9. The summed E-state index contributed by atoms with van der Waals surface area (Å²) in [6, 6.07) is 9.95. The van der Waals surface area contributed by atoms with Crippen molar-refractivity contribution in [1.29, 1.82) is 0 Å². The predicted molar refractivity (Wildman–Crippen MR) is 122 cm³/mol. The monoisotopic (exact) mass is 482 g/mol. The number of amides is 3. The third-order valence-corrected chi connectivity index (χ3v) is 7.09. The quantitative estimate of drug-likeness (QED) is 0.571. The molecule has 3 amide bonds. The number of halogens is 3. The first-order valence-electron chi connectivity index (χ1n) is 10.2. The Kier molecular flexibility index (Phi) is 7.33. The topological polar surface area (TPSA) is 90.5 Å². The molecule has 1 atom stereocenters. The number of rotatable bonds is 5. The zero-order chi connectivity index (χ0) is 24.2. The highest BCUT2D eigenvalue weighted by Gasteiger charge is 2.30. The maximum absolute atomic E-state index is 12.7.